The number of rotatable bonds is 10. The number of aromatic nitrogens is 1. The number of methoxy groups -OCH3 is 1. The first-order chi connectivity index (χ1) is 19.8. The lowest BCUT2D eigenvalue weighted by Gasteiger charge is -2.30. The normalized spacial score (nSPS) is 14.7. The molecule has 0 amide bonds. The molecule has 0 bridgehead atoms. The minimum absolute atomic E-state index is 0.130. The zero-order valence-electron chi connectivity index (χ0n) is 24.5. The predicted octanol–water partition coefficient (Wildman–Crippen LogP) is 7.16. The number of pyridine rings is 1. The number of nitrogens with zero attached hydrogens (tertiary/aromatic N) is 2. The van der Waals surface area contributed by atoms with Crippen LogP contribution in [-0.2, 0) is 5.41 Å². The molecule has 0 aliphatic carbocycles. The number of fused-ring (bicyclic) bond motifs is 1. The molecule has 7 nitrogen and oxygen atoms in total. The molecule has 2 heterocycles. The van der Waals surface area contributed by atoms with E-state index < -0.39 is 0 Å². The highest BCUT2D eigenvalue weighted by Crippen LogP contribution is 2.37. The second-order valence-electron chi connectivity index (χ2n) is 11.7. The Morgan fingerprint density at radius 3 is 2.22 bits per heavy atom. The van der Waals surface area contributed by atoms with Gasteiger partial charge in [-0.15, -0.1) is 0 Å². The Labute approximate surface area is 243 Å². The molecular weight excluding hydrogens is 514 g/mol. The van der Waals surface area contributed by atoms with Crippen molar-refractivity contribution in [3.63, 3.8) is 0 Å². The van der Waals surface area contributed by atoms with Crippen LogP contribution >= 0.6 is 0 Å². The summed E-state index contributed by atoms with van der Waals surface area (Å²) in [5, 5.41) is 13.7. The molecule has 41 heavy (non-hydrogen) atoms. The molecule has 0 atom stereocenters. The van der Waals surface area contributed by atoms with Crippen LogP contribution in [0.1, 0.15) is 39.2 Å². The molecule has 5 rings (SSSR count). The van der Waals surface area contributed by atoms with E-state index >= 15 is 0 Å². The van der Waals surface area contributed by atoms with Gasteiger partial charge in [0.25, 0.3) is 0 Å². The second-order valence-corrected chi connectivity index (χ2v) is 11.7. The summed E-state index contributed by atoms with van der Waals surface area (Å²) in [6, 6.07) is 22.2. The maximum absolute atomic E-state index is 9.38. The summed E-state index contributed by atoms with van der Waals surface area (Å²) in [7, 11) is 1.64. The summed E-state index contributed by atoms with van der Waals surface area (Å²) in [4.78, 5) is 6.91. The highest BCUT2D eigenvalue weighted by molar-refractivity contribution is 5.88. The van der Waals surface area contributed by atoms with Gasteiger partial charge in [0.2, 0.25) is 0 Å². The first kappa shape index (κ1) is 28.7. The van der Waals surface area contributed by atoms with Gasteiger partial charge in [0.1, 0.15) is 18.1 Å². The Bertz CT molecular complexity index is 1420. The van der Waals surface area contributed by atoms with Gasteiger partial charge in [0.15, 0.2) is 11.5 Å². The lowest BCUT2D eigenvalue weighted by atomic mass is 9.87. The van der Waals surface area contributed by atoms with Gasteiger partial charge in [-0.2, -0.15) is 0 Å². The molecule has 1 aromatic heterocycles. The Balaban J connectivity index is 1.25. The average Bonchev–Trinajstić information content (AvgIpc) is 2.98. The van der Waals surface area contributed by atoms with Crippen LogP contribution in [0.2, 0.25) is 0 Å². The van der Waals surface area contributed by atoms with E-state index in [4.69, 9.17) is 14.2 Å². The summed E-state index contributed by atoms with van der Waals surface area (Å²) in [5.41, 5.74) is 4.24. The molecule has 7 heteroatoms. The van der Waals surface area contributed by atoms with E-state index in [1.807, 2.05) is 42.5 Å². The summed E-state index contributed by atoms with van der Waals surface area (Å²) in [5.74, 6) is 3.17. The van der Waals surface area contributed by atoms with Crippen molar-refractivity contribution in [1.29, 1.82) is 0 Å². The van der Waals surface area contributed by atoms with Gasteiger partial charge < -0.3 is 24.6 Å². The molecule has 1 fully saturated rings. The fourth-order valence-corrected chi connectivity index (χ4v) is 5.12. The molecule has 0 spiro atoms. The van der Waals surface area contributed by atoms with E-state index in [0.717, 1.165) is 60.5 Å². The highest BCUT2D eigenvalue weighted by Gasteiger charge is 2.19. The molecule has 0 radical (unpaired) electrons. The van der Waals surface area contributed by atoms with Crippen molar-refractivity contribution in [3.8, 4) is 23.0 Å². The maximum Gasteiger partial charge on any atom is 0.162 e. The van der Waals surface area contributed by atoms with E-state index in [2.05, 4.69) is 60.2 Å². The molecule has 2 N–H and O–H groups in total. The van der Waals surface area contributed by atoms with Gasteiger partial charge in [0, 0.05) is 42.2 Å². The fourth-order valence-electron chi connectivity index (χ4n) is 5.12. The number of likely N-dealkylation sites (tertiary alicyclic amines) is 1. The molecule has 4 aromatic rings. The molecule has 216 valence electrons. The monoisotopic (exact) mass is 555 g/mol. The number of hydrogen-bond acceptors (Lipinski definition) is 7. The third-order valence-electron chi connectivity index (χ3n) is 7.74. The van der Waals surface area contributed by atoms with Crippen LogP contribution in [-0.4, -0.2) is 54.9 Å². The van der Waals surface area contributed by atoms with Crippen LogP contribution in [0.4, 0.5) is 11.4 Å². The van der Waals surface area contributed by atoms with Crippen molar-refractivity contribution in [2.75, 3.05) is 45.3 Å². The topological polar surface area (TPSA) is 76.1 Å². The van der Waals surface area contributed by atoms with E-state index in [0.29, 0.717) is 29.8 Å². The van der Waals surface area contributed by atoms with Crippen LogP contribution in [0.25, 0.3) is 10.9 Å². The summed E-state index contributed by atoms with van der Waals surface area (Å²) in [6.07, 6.45) is 3.80. The minimum Gasteiger partial charge on any atom is -0.493 e. The van der Waals surface area contributed by atoms with Crippen LogP contribution < -0.4 is 19.5 Å². The van der Waals surface area contributed by atoms with Gasteiger partial charge in [-0.1, -0.05) is 32.9 Å². The number of anilines is 2. The van der Waals surface area contributed by atoms with Crippen molar-refractivity contribution in [1.82, 2.24) is 9.88 Å². The number of benzene rings is 3. The summed E-state index contributed by atoms with van der Waals surface area (Å²) in [6.45, 7) is 10.3. The van der Waals surface area contributed by atoms with Gasteiger partial charge >= 0.3 is 0 Å². The zero-order valence-corrected chi connectivity index (χ0v) is 24.5. The van der Waals surface area contributed by atoms with Crippen molar-refractivity contribution < 1.29 is 19.3 Å². The van der Waals surface area contributed by atoms with E-state index in [9.17, 15) is 5.11 Å². The van der Waals surface area contributed by atoms with Crippen molar-refractivity contribution in [3.05, 3.63) is 78.5 Å². The third kappa shape index (κ3) is 7.29. The first-order valence-corrected chi connectivity index (χ1v) is 14.4. The predicted molar refractivity (Wildman–Crippen MR) is 165 cm³/mol. The zero-order chi connectivity index (χ0) is 28.8. The van der Waals surface area contributed by atoms with Crippen LogP contribution in [0.15, 0.2) is 72.9 Å². The Hall–Kier alpha value is -3.81. The van der Waals surface area contributed by atoms with Crippen LogP contribution in [0.3, 0.4) is 0 Å². The molecule has 1 saturated heterocycles. The number of aliphatic hydroxyl groups excluding tert-OH is 1. The molecule has 1 aliphatic heterocycles. The quantitative estimate of drug-likeness (QED) is 0.215. The number of nitrogens with one attached hydrogen (secondary N) is 1. The number of hydrogen-bond donors (Lipinski definition) is 2. The Morgan fingerprint density at radius 1 is 0.902 bits per heavy atom. The SMILES string of the molecule is COc1cc2nccc(Oc3ccc(Nc4ccc(C(C)(C)C)cc4)cc3)c2cc1OCCN1CCC(CO)CC1. The minimum atomic E-state index is 0.130. The van der Waals surface area contributed by atoms with Crippen molar-refractivity contribution >= 4 is 22.3 Å². The van der Waals surface area contributed by atoms with Gasteiger partial charge in [-0.25, -0.2) is 0 Å². The number of ether oxygens (including phenoxy) is 3. The molecule has 3 aromatic carbocycles. The van der Waals surface area contributed by atoms with Crippen LogP contribution in [0.5, 0.6) is 23.0 Å². The van der Waals surface area contributed by atoms with E-state index in [1.54, 1.807) is 13.3 Å². The molecule has 0 unspecified atom stereocenters. The second kappa shape index (κ2) is 12.8. The number of aliphatic hydroxyl groups is 1. The van der Waals surface area contributed by atoms with Crippen molar-refractivity contribution in [2.24, 2.45) is 5.92 Å². The smallest absolute Gasteiger partial charge is 0.162 e. The van der Waals surface area contributed by atoms with Crippen molar-refractivity contribution in [2.45, 2.75) is 39.0 Å². The van der Waals surface area contributed by atoms with E-state index in [-0.39, 0.29) is 12.0 Å². The highest BCUT2D eigenvalue weighted by atomic mass is 16.5. The lowest BCUT2D eigenvalue weighted by Crippen LogP contribution is -2.37. The number of piperidine rings is 1. The van der Waals surface area contributed by atoms with Gasteiger partial charge in [-0.3, -0.25) is 9.88 Å². The fraction of sp³-hybridized carbons (Fsp3) is 0.382. The van der Waals surface area contributed by atoms with E-state index in [1.165, 1.54) is 5.56 Å². The third-order valence-corrected chi connectivity index (χ3v) is 7.74. The molecule has 1 aliphatic rings. The van der Waals surface area contributed by atoms with Crippen LogP contribution in [0, 0.1) is 5.92 Å². The van der Waals surface area contributed by atoms with Gasteiger partial charge in [-0.05, 0) is 91.4 Å². The Kier molecular flexibility index (Phi) is 8.96. The standard InChI is InChI=1S/C34H41N3O4/c1-34(2,3)25-5-7-26(8-6-25)36-27-9-11-28(12-10-27)41-31-13-16-35-30-22-32(39-4)33(21-29(30)31)40-20-19-37-17-14-24(23-38)15-18-37/h5-13,16,21-22,24,36,38H,14-15,17-20,23H2,1-4H3. The largest absolute Gasteiger partial charge is 0.493 e. The summed E-state index contributed by atoms with van der Waals surface area (Å²) < 4.78 is 18.1. The molecular formula is C34H41N3O4. The first-order valence-electron chi connectivity index (χ1n) is 14.4. The summed E-state index contributed by atoms with van der Waals surface area (Å²) >= 11 is 0. The maximum atomic E-state index is 9.38. The average molecular weight is 556 g/mol. The Morgan fingerprint density at radius 2 is 1.59 bits per heavy atom. The molecule has 0 saturated carbocycles. The van der Waals surface area contributed by atoms with Gasteiger partial charge in [0.05, 0.1) is 12.6 Å². The lowest BCUT2D eigenvalue weighted by molar-refractivity contribution is 0.118.